The minimum Gasteiger partial charge on any atom is -0.461 e. The Labute approximate surface area is 269 Å². The zero-order valence-electron chi connectivity index (χ0n) is 27.8. The summed E-state index contributed by atoms with van der Waals surface area (Å²) in [5, 5.41) is 7.72. The summed E-state index contributed by atoms with van der Waals surface area (Å²) in [5.41, 5.74) is 6.39. The molecule has 11 heteroatoms. The molecule has 1 aromatic carbocycles. The van der Waals surface area contributed by atoms with E-state index in [1.54, 1.807) is 24.2 Å². The summed E-state index contributed by atoms with van der Waals surface area (Å²) in [7, 11) is 3.65. The van der Waals surface area contributed by atoms with Gasteiger partial charge in [-0.3, -0.25) is 19.3 Å². The van der Waals surface area contributed by atoms with E-state index in [1.165, 1.54) is 17.2 Å². The lowest BCUT2D eigenvalue weighted by Crippen LogP contribution is -2.41. The topological polar surface area (TPSA) is 115 Å². The Hall–Kier alpha value is -4.77. The van der Waals surface area contributed by atoms with Crippen LogP contribution in [0.2, 0.25) is 0 Å². The number of ether oxygens (including phenoxy) is 1. The molecule has 0 spiro atoms. The Morgan fingerprint density at radius 1 is 1.13 bits per heavy atom. The Morgan fingerprint density at radius 2 is 1.91 bits per heavy atom. The molecular weight excluding hydrogens is 582 g/mol. The normalized spacial score (nSPS) is 13.0. The molecule has 242 valence electrons. The van der Waals surface area contributed by atoms with E-state index >= 15 is 0 Å². The summed E-state index contributed by atoms with van der Waals surface area (Å²) in [6.07, 6.45) is 3.71. The molecule has 0 aliphatic carbocycles. The fraction of sp³-hybridized carbons (Fsp3) is 0.400. The summed E-state index contributed by atoms with van der Waals surface area (Å²) in [6, 6.07) is 13.5. The molecule has 1 amide bonds. The molecule has 0 atom stereocenters. The van der Waals surface area contributed by atoms with E-state index in [2.05, 4.69) is 59.6 Å². The number of benzene rings is 1. The molecule has 11 nitrogen and oxygen atoms in total. The summed E-state index contributed by atoms with van der Waals surface area (Å²) < 4.78 is 8.87. The third kappa shape index (κ3) is 6.74. The van der Waals surface area contributed by atoms with Crippen molar-refractivity contribution in [2.75, 3.05) is 23.8 Å². The van der Waals surface area contributed by atoms with Gasteiger partial charge in [0.25, 0.3) is 11.5 Å². The van der Waals surface area contributed by atoms with Crippen LogP contribution < -0.4 is 15.8 Å². The van der Waals surface area contributed by atoms with Crippen LogP contribution in [0.4, 0.5) is 17.2 Å². The van der Waals surface area contributed by atoms with Crippen LogP contribution in [0.5, 0.6) is 0 Å². The van der Waals surface area contributed by atoms with Crippen molar-refractivity contribution in [2.45, 2.75) is 73.2 Å². The fourth-order valence-corrected chi connectivity index (χ4v) is 5.78. The molecule has 5 rings (SSSR count). The molecule has 46 heavy (non-hydrogen) atoms. The number of esters is 1. The second-order valence-electron chi connectivity index (χ2n) is 12.1. The van der Waals surface area contributed by atoms with Gasteiger partial charge in [0.15, 0.2) is 0 Å². The van der Waals surface area contributed by atoms with Crippen molar-refractivity contribution in [2.24, 2.45) is 7.05 Å². The number of amides is 1. The van der Waals surface area contributed by atoms with Crippen LogP contribution in [0.3, 0.4) is 0 Å². The lowest BCUT2D eigenvalue weighted by Gasteiger charge is -2.31. The molecule has 0 unspecified atom stereocenters. The molecule has 0 bridgehead atoms. The van der Waals surface area contributed by atoms with Crippen molar-refractivity contribution >= 4 is 29.1 Å². The van der Waals surface area contributed by atoms with Crippen molar-refractivity contribution in [1.82, 2.24) is 24.2 Å². The molecule has 3 aromatic heterocycles. The van der Waals surface area contributed by atoms with Crippen LogP contribution in [0.25, 0.3) is 11.3 Å². The van der Waals surface area contributed by atoms with Gasteiger partial charge in [0.05, 0.1) is 11.4 Å². The van der Waals surface area contributed by atoms with Gasteiger partial charge in [-0.25, -0.2) is 9.67 Å². The average molecular weight is 626 g/mol. The van der Waals surface area contributed by atoms with Crippen molar-refractivity contribution in [3.05, 3.63) is 87.1 Å². The molecule has 1 N–H and O–H groups in total. The lowest BCUT2D eigenvalue weighted by atomic mass is 10.0. The number of aryl methyl sites for hydroxylation is 2. The summed E-state index contributed by atoms with van der Waals surface area (Å²) in [4.78, 5) is 47.6. The first-order valence-corrected chi connectivity index (χ1v) is 15.8. The molecule has 0 fully saturated rings. The van der Waals surface area contributed by atoms with E-state index in [9.17, 15) is 14.4 Å². The number of nitrogens with one attached hydrogen (secondary N) is 1. The van der Waals surface area contributed by atoms with Crippen LogP contribution in [0, 0.1) is 6.92 Å². The standard InChI is InChI=1S/C35H43N7O4/c1-8-10-26-17-32-35(45)42(16-15-41(32)23(26)4)31-12-9-11-27(28(31)21-46-24(5)43)29-18-30(34(44)40(7)38-29)37-33-14-13-25(19-36-33)20-39(6)22(2)3/h9,11-14,17-19,22H,8,10,15-16,20-21H2,1-7H3,(H,36,37). The summed E-state index contributed by atoms with van der Waals surface area (Å²) >= 11 is 0. The molecule has 1 aliphatic heterocycles. The monoisotopic (exact) mass is 625 g/mol. The molecular formula is C35H43N7O4. The molecule has 4 aromatic rings. The summed E-state index contributed by atoms with van der Waals surface area (Å²) in [6.45, 7) is 11.6. The number of nitrogens with zero attached hydrogens (tertiary/aromatic N) is 6. The number of carbonyl (C=O) groups excluding carboxylic acids is 2. The second-order valence-corrected chi connectivity index (χ2v) is 12.1. The number of hydrogen-bond acceptors (Lipinski definition) is 8. The third-order valence-electron chi connectivity index (χ3n) is 8.60. The van der Waals surface area contributed by atoms with E-state index in [1.807, 2.05) is 36.4 Å². The lowest BCUT2D eigenvalue weighted by molar-refractivity contribution is -0.142. The predicted molar refractivity (Wildman–Crippen MR) is 179 cm³/mol. The first kappa shape index (κ1) is 32.6. The predicted octanol–water partition coefficient (Wildman–Crippen LogP) is 5.21. The van der Waals surface area contributed by atoms with Crippen molar-refractivity contribution in [3.8, 4) is 11.3 Å². The van der Waals surface area contributed by atoms with Gasteiger partial charge in [-0.1, -0.05) is 31.5 Å². The second kappa shape index (κ2) is 13.7. The van der Waals surface area contributed by atoms with Crippen LogP contribution in [0.15, 0.2) is 53.5 Å². The zero-order valence-corrected chi connectivity index (χ0v) is 27.8. The van der Waals surface area contributed by atoms with Crippen molar-refractivity contribution < 1.29 is 14.3 Å². The zero-order chi connectivity index (χ0) is 33.1. The van der Waals surface area contributed by atoms with Gasteiger partial charge in [0, 0.05) is 62.7 Å². The van der Waals surface area contributed by atoms with Gasteiger partial charge in [0.1, 0.15) is 23.8 Å². The smallest absolute Gasteiger partial charge is 0.302 e. The first-order valence-electron chi connectivity index (χ1n) is 15.8. The average Bonchev–Trinajstić information content (AvgIpc) is 3.35. The van der Waals surface area contributed by atoms with Crippen molar-refractivity contribution in [1.29, 1.82) is 0 Å². The van der Waals surface area contributed by atoms with Crippen LogP contribution in [0.1, 0.15) is 67.0 Å². The van der Waals surface area contributed by atoms with Crippen LogP contribution in [-0.4, -0.2) is 55.7 Å². The Bertz CT molecular complexity index is 1810. The molecule has 1 aliphatic rings. The quantitative estimate of drug-likeness (QED) is 0.226. The Kier molecular flexibility index (Phi) is 9.71. The highest BCUT2D eigenvalue weighted by atomic mass is 16.5. The van der Waals surface area contributed by atoms with E-state index in [0.29, 0.717) is 58.8 Å². The maximum atomic E-state index is 13.9. The van der Waals surface area contributed by atoms with Gasteiger partial charge in [0.2, 0.25) is 0 Å². The number of fused-ring (bicyclic) bond motifs is 1. The molecule has 4 heterocycles. The third-order valence-corrected chi connectivity index (χ3v) is 8.60. The van der Waals surface area contributed by atoms with Crippen LogP contribution >= 0.6 is 0 Å². The maximum Gasteiger partial charge on any atom is 0.302 e. The first-order chi connectivity index (χ1) is 22.0. The number of pyridine rings is 1. The molecule has 0 saturated heterocycles. The van der Waals surface area contributed by atoms with E-state index in [-0.39, 0.29) is 18.1 Å². The number of carbonyl (C=O) groups is 2. The highest BCUT2D eigenvalue weighted by Gasteiger charge is 2.30. The molecule has 0 radical (unpaired) electrons. The van der Waals surface area contributed by atoms with Gasteiger partial charge < -0.3 is 19.5 Å². The van der Waals surface area contributed by atoms with Gasteiger partial charge in [-0.05, 0) is 69.6 Å². The SMILES string of the molecule is CCCc1cc2n(c1C)CCN(c1cccc(-c3cc(Nc4ccc(CN(C)C(C)C)cn4)c(=O)n(C)n3)c1COC(C)=O)C2=O. The number of rotatable bonds is 11. The van der Waals surface area contributed by atoms with Crippen molar-refractivity contribution in [3.63, 3.8) is 0 Å². The highest BCUT2D eigenvalue weighted by molar-refractivity contribution is 6.07. The number of anilines is 3. The van der Waals surface area contributed by atoms with E-state index < -0.39 is 5.97 Å². The van der Waals surface area contributed by atoms with Crippen LogP contribution in [-0.2, 0) is 42.7 Å². The summed E-state index contributed by atoms with van der Waals surface area (Å²) in [5.74, 6) is -0.0223. The number of aromatic nitrogens is 4. The minimum absolute atomic E-state index is 0.0626. The van der Waals surface area contributed by atoms with E-state index in [0.717, 1.165) is 30.6 Å². The highest BCUT2D eigenvalue weighted by Crippen LogP contribution is 2.35. The Morgan fingerprint density at radius 3 is 2.59 bits per heavy atom. The maximum absolute atomic E-state index is 13.9. The minimum atomic E-state index is -0.440. The molecule has 0 saturated carbocycles. The Balaban J connectivity index is 1.51. The van der Waals surface area contributed by atoms with Gasteiger partial charge >= 0.3 is 5.97 Å². The van der Waals surface area contributed by atoms with Gasteiger partial charge in [-0.15, -0.1) is 0 Å². The fourth-order valence-electron chi connectivity index (χ4n) is 5.78. The van der Waals surface area contributed by atoms with E-state index in [4.69, 9.17) is 4.74 Å². The van der Waals surface area contributed by atoms with Gasteiger partial charge in [-0.2, -0.15) is 5.10 Å². The largest absolute Gasteiger partial charge is 0.461 e. The number of hydrogen-bond donors (Lipinski definition) is 1.